The number of hydrogen-bond donors (Lipinski definition) is 2. The third-order valence-corrected chi connectivity index (χ3v) is 5.34. The first-order valence-electron chi connectivity index (χ1n) is 10.7. The molecule has 3 heterocycles. The van der Waals surface area contributed by atoms with Crippen molar-refractivity contribution >= 4 is 12.1 Å². The molecule has 202 valence electrons. The maximum Gasteiger partial charge on any atom is 0.425 e. The van der Waals surface area contributed by atoms with Crippen LogP contribution in [0.25, 0.3) is 22.8 Å². The maximum atomic E-state index is 14.9. The van der Waals surface area contributed by atoms with E-state index in [4.69, 9.17) is 14.4 Å². The Morgan fingerprint density at radius 3 is 2.61 bits per heavy atom. The van der Waals surface area contributed by atoms with Gasteiger partial charge in [0.1, 0.15) is 12.4 Å². The lowest BCUT2D eigenvalue weighted by atomic mass is 9.84. The molecule has 0 saturated heterocycles. The van der Waals surface area contributed by atoms with E-state index in [1.54, 1.807) is 5.32 Å². The highest BCUT2D eigenvalue weighted by Gasteiger charge is 2.50. The van der Waals surface area contributed by atoms with Crippen LogP contribution in [0.15, 0.2) is 46.2 Å². The van der Waals surface area contributed by atoms with Gasteiger partial charge < -0.3 is 19.1 Å². The highest BCUT2D eigenvalue weighted by atomic mass is 19.4. The topological polar surface area (TPSA) is 132 Å². The zero-order valence-corrected chi connectivity index (χ0v) is 19.2. The number of aliphatic imine (C=N–C) groups is 1. The van der Waals surface area contributed by atoms with E-state index < -0.39 is 55.2 Å². The van der Waals surface area contributed by atoms with Crippen molar-refractivity contribution in [3.05, 3.63) is 48.0 Å². The van der Waals surface area contributed by atoms with Crippen LogP contribution in [-0.4, -0.2) is 57.7 Å². The predicted octanol–water partition coefficient (Wildman–Crippen LogP) is 4.77. The molecule has 0 radical (unpaired) electrons. The Morgan fingerprint density at radius 1 is 1.26 bits per heavy atom. The number of amides is 1. The fourth-order valence-corrected chi connectivity index (χ4v) is 3.63. The Labute approximate surface area is 209 Å². The molecule has 0 aliphatic carbocycles. The second-order valence-electron chi connectivity index (χ2n) is 8.19. The average molecular weight is 545 g/mol. The van der Waals surface area contributed by atoms with Gasteiger partial charge in [-0.1, -0.05) is 5.16 Å². The summed E-state index contributed by atoms with van der Waals surface area (Å²) >= 11 is 0. The molecule has 1 aliphatic rings. The molecule has 0 bridgehead atoms. The molecule has 10 nitrogen and oxygen atoms in total. The number of hydrogen-bond acceptors (Lipinski definition) is 8. The van der Waals surface area contributed by atoms with Crippen LogP contribution in [0.1, 0.15) is 18.9 Å². The van der Waals surface area contributed by atoms with Crippen LogP contribution in [0.5, 0.6) is 5.75 Å². The molecule has 0 fully saturated rings. The van der Waals surface area contributed by atoms with E-state index in [1.807, 2.05) is 0 Å². The number of alkyl halides is 5. The molecule has 38 heavy (non-hydrogen) atoms. The smallest absolute Gasteiger partial charge is 0.425 e. The molecule has 16 heteroatoms. The van der Waals surface area contributed by atoms with Gasteiger partial charge in [0.15, 0.2) is 29.1 Å². The zero-order valence-electron chi connectivity index (χ0n) is 19.2. The number of rotatable bonds is 6. The molecule has 0 saturated carbocycles. The number of benzene rings is 1. The zero-order chi connectivity index (χ0) is 27.7. The van der Waals surface area contributed by atoms with Crippen molar-refractivity contribution in [1.82, 2.24) is 20.4 Å². The molecule has 1 aliphatic heterocycles. The molecule has 0 spiro atoms. The lowest BCUT2D eigenvalue weighted by Gasteiger charge is -2.36. The highest BCUT2D eigenvalue weighted by Crippen LogP contribution is 2.42. The quantitative estimate of drug-likeness (QED) is 0.424. The largest absolute Gasteiger partial charge is 0.484 e. The molecule has 1 amide bonds. The Kier molecular flexibility index (Phi) is 7.15. The predicted molar refractivity (Wildman–Crippen MR) is 116 cm³/mol. The van der Waals surface area contributed by atoms with Crippen molar-refractivity contribution in [2.45, 2.75) is 37.6 Å². The fourth-order valence-electron chi connectivity index (χ4n) is 3.63. The number of aromatic nitrogens is 3. The normalized spacial score (nSPS) is 19.6. The summed E-state index contributed by atoms with van der Waals surface area (Å²) in [6.45, 7) is 0.369. The van der Waals surface area contributed by atoms with Crippen LogP contribution >= 0.6 is 0 Å². The number of ether oxygens (including phenoxy) is 2. The molecular formula is C22H17F6N5O5. The van der Waals surface area contributed by atoms with Crippen LogP contribution in [-0.2, 0) is 10.3 Å². The van der Waals surface area contributed by atoms with Gasteiger partial charge in [0.2, 0.25) is 0 Å². The maximum absolute atomic E-state index is 14.9. The fraction of sp³-hybridized carbons (Fsp3) is 0.318. The van der Waals surface area contributed by atoms with E-state index in [1.165, 1.54) is 25.1 Å². The van der Waals surface area contributed by atoms with Gasteiger partial charge in [0.05, 0.1) is 17.9 Å². The number of halogens is 6. The minimum Gasteiger partial charge on any atom is -0.484 e. The number of carbonyl (C=O) groups is 1. The summed E-state index contributed by atoms with van der Waals surface area (Å²) in [5.41, 5.74) is -1.84. The summed E-state index contributed by atoms with van der Waals surface area (Å²) in [6.07, 6.45) is -10.3. The van der Waals surface area contributed by atoms with Crippen molar-refractivity contribution in [3.63, 3.8) is 0 Å². The van der Waals surface area contributed by atoms with E-state index in [-0.39, 0.29) is 34.2 Å². The van der Waals surface area contributed by atoms with Crippen LogP contribution < -0.4 is 10.1 Å². The van der Waals surface area contributed by atoms with Gasteiger partial charge in [-0.15, -0.1) is 0 Å². The average Bonchev–Trinajstić information content (AvgIpc) is 3.32. The summed E-state index contributed by atoms with van der Waals surface area (Å²) in [5.74, 6) is -0.788. The third-order valence-electron chi connectivity index (χ3n) is 5.34. The second kappa shape index (κ2) is 10.2. The summed E-state index contributed by atoms with van der Waals surface area (Å²) in [7, 11) is 0. The highest BCUT2D eigenvalue weighted by molar-refractivity contribution is 5.90. The first-order chi connectivity index (χ1) is 17.8. The van der Waals surface area contributed by atoms with Gasteiger partial charge in [-0.2, -0.15) is 13.2 Å². The van der Waals surface area contributed by atoms with Gasteiger partial charge in [-0.25, -0.2) is 38.2 Å². The Bertz CT molecular complexity index is 1350. The Morgan fingerprint density at radius 2 is 1.97 bits per heavy atom. The molecule has 4 rings (SSSR count). The first kappa shape index (κ1) is 26.7. The Hall–Kier alpha value is -4.37. The van der Waals surface area contributed by atoms with Crippen molar-refractivity contribution in [2.75, 3.05) is 6.61 Å². The van der Waals surface area contributed by atoms with E-state index in [0.29, 0.717) is 0 Å². The van der Waals surface area contributed by atoms with Crippen molar-refractivity contribution in [1.29, 1.82) is 0 Å². The molecular weight excluding hydrogens is 528 g/mol. The van der Waals surface area contributed by atoms with Crippen molar-refractivity contribution in [3.8, 4) is 28.6 Å². The van der Waals surface area contributed by atoms with Crippen molar-refractivity contribution < 1.29 is 50.2 Å². The lowest BCUT2D eigenvalue weighted by Crippen LogP contribution is -2.48. The van der Waals surface area contributed by atoms with E-state index in [0.717, 1.165) is 18.5 Å². The lowest BCUT2D eigenvalue weighted by molar-refractivity contribution is -0.208. The molecule has 2 N–H and O–H groups in total. The van der Waals surface area contributed by atoms with E-state index >= 15 is 0 Å². The minimum atomic E-state index is -4.89. The first-order valence-corrected chi connectivity index (χ1v) is 10.7. The van der Waals surface area contributed by atoms with Gasteiger partial charge in [0.25, 0.3) is 12.4 Å². The molecule has 3 aromatic rings. The van der Waals surface area contributed by atoms with Crippen LogP contribution in [0.3, 0.4) is 0 Å². The summed E-state index contributed by atoms with van der Waals surface area (Å²) in [4.78, 5) is 22.8. The molecule has 1 aromatic carbocycles. The standard InChI is InChI=1S/C22H17F6N5O5/c1-21(6-16(22(26,27)28)37-19(32-21)31-20(34)35)12-4-10(2-3-13(12)23)15-5-14(33-38-15)18-29-7-11(8-30-18)36-9-17(24)25/h2-5,7-8,16-17H,6,9H2,1H3,(H,31,32)(H,34,35)/t16-,21-/m0/s1. The van der Waals surface area contributed by atoms with Gasteiger partial charge >= 0.3 is 12.3 Å². The number of nitrogens with one attached hydrogen (secondary N) is 1. The summed E-state index contributed by atoms with van der Waals surface area (Å²) in [5, 5.41) is 14.4. The van der Waals surface area contributed by atoms with Crippen molar-refractivity contribution in [2.24, 2.45) is 4.99 Å². The number of amidine groups is 1. The monoisotopic (exact) mass is 545 g/mol. The van der Waals surface area contributed by atoms with Gasteiger partial charge in [0, 0.05) is 23.6 Å². The van der Waals surface area contributed by atoms with E-state index in [9.17, 15) is 31.1 Å². The molecule has 0 unspecified atom stereocenters. The van der Waals surface area contributed by atoms with Gasteiger partial charge in [-0.3, -0.25) is 0 Å². The number of nitrogens with zero attached hydrogens (tertiary/aromatic N) is 4. The summed E-state index contributed by atoms with van der Waals surface area (Å²) in [6, 6.07) is 3.91. The summed E-state index contributed by atoms with van der Waals surface area (Å²) < 4.78 is 94.6. The van der Waals surface area contributed by atoms with Crippen LogP contribution in [0.4, 0.5) is 31.1 Å². The SMILES string of the molecule is C[C@@]1(c2cc(-c3cc(-c4ncc(OCC(F)F)cn4)no3)ccc2F)C[C@@H](C(F)(F)F)OC(NC(=O)O)=N1. The Balaban J connectivity index is 1.64. The third kappa shape index (κ3) is 5.95. The number of carboxylic acid groups (broad SMARTS) is 1. The molecule has 2 atom stereocenters. The van der Waals surface area contributed by atoms with Crippen LogP contribution in [0.2, 0.25) is 0 Å². The minimum absolute atomic E-state index is 0.000114. The molecule has 2 aromatic heterocycles. The van der Waals surface area contributed by atoms with Gasteiger partial charge in [-0.05, 0) is 25.1 Å². The second-order valence-corrected chi connectivity index (χ2v) is 8.19. The van der Waals surface area contributed by atoms with E-state index in [2.05, 4.69) is 24.9 Å². The van der Waals surface area contributed by atoms with Crippen LogP contribution in [0, 0.1) is 5.82 Å².